The van der Waals surface area contributed by atoms with Crippen LogP contribution in [0.3, 0.4) is 0 Å². The quantitative estimate of drug-likeness (QED) is 0.122. The monoisotopic (exact) mass is 1870 g/mol. The van der Waals surface area contributed by atoms with Crippen molar-refractivity contribution in [3.8, 4) is 33.4 Å². The number of aryl methyl sites for hydroxylation is 3. The largest absolute Gasteiger partial charge is 0.0776 e. The van der Waals surface area contributed by atoms with E-state index in [1.165, 1.54) is 147 Å². The van der Waals surface area contributed by atoms with E-state index in [-0.39, 0.29) is 22.3 Å². The molecule has 730 valence electrons. The highest BCUT2D eigenvalue weighted by Gasteiger charge is 2.03. The second kappa shape index (κ2) is 77.3. The minimum atomic E-state index is 0. The van der Waals surface area contributed by atoms with Crippen LogP contribution in [0.4, 0.5) is 0 Å². The zero-order valence-electron chi connectivity index (χ0n) is 86.2. The van der Waals surface area contributed by atoms with Crippen molar-refractivity contribution in [3.05, 3.63) is 581 Å². The highest BCUT2D eigenvalue weighted by atomic mass is 14.1. The predicted octanol–water partition coefficient (Wildman–Crippen LogP) is 45.0. The first-order valence-corrected chi connectivity index (χ1v) is 50.1. The van der Waals surface area contributed by atoms with Gasteiger partial charge in [-0.2, -0.15) is 0 Å². The van der Waals surface area contributed by atoms with Crippen molar-refractivity contribution in [2.75, 3.05) is 0 Å². The minimum Gasteiger partial charge on any atom is -0.0776 e. The second-order valence-corrected chi connectivity index (χ2v) is 29.6. The number of hydrogen-bond donors (Lipinski definition) is 0. The third-order valence-electron chi connectivity index (χ3n) is 20.7. The van der Waals surface area contributed by atoms with E-state index in [1.54, 1.807) is 0 Å². The van der Waals surface area contributed by atoms with Crippen molar-refractivity contribution < 1.29 is 0 Å². The van der Waals surface area contributed by atoms with Crippen molar-refractivity contribution >= 4 is 97.0 Å². The van der Waals surface area contributed by atoms with Crippen LogP contribution >= 0.6 is 0 Å². The Bertz CT molecular complexity index is 5940. The van der Waals surface area contributed by atoms with Gasteiger partial charge in [-0.25, -0.2) is 0 Å². The molecule has 23 aromatic carbocycles. The molecule has 0 aliphatic rings. The lowest BCUT2D eigenvalue weighted by molar-refractivity contribution is 1.48. The summed E-state index contributed by atoms with van der Waals surface area (Å²) in [5.41, 5.74) is 11.6. The SMILES string of the molecule is C.C.C.CC.CC.CC.CC.CC.CC.CC.CC.Cc1ccccc1.Cc1ccccc1.Cc1ccccc1.c1ccc(-c2ccccc2)cc1.c1ccc(-c2ccccc2)cc1.c1ccc(-c2ccccc2)cc1.c1ccc2c(c1)ccc1ccccc12.c1ccc2c(c1)ccc1ccccc12.c1ccc2cc3ccccc3cc2c1.c1ccc2cc3ccccc3cc2c1.c1ccc2ccccc2c1. The number of rotatable bonds is 3. The van der Waals surface area contributed by atoms with Gasteiger partial charge in [-0.05, 0) is 175 Å². The Hall–Kier alpha value is -15.6. The molecule has 0 nitrogen and oxygen atoms in total. The van der Waals surface area contributed by atoms with Gasteiger partial charge in [0, 0.05) is 0 Å². The van der Waals surface area contributed by atoms with Crippen LogP contribution < -0.4 is 0 Å². The van der Waals surface area contributed by atoms with E-state index in [2.05, 4.69) is 494 Å². The van der Waals surface area contributed by atoms with Crippen molar-refractivity contribution in [1.82, 2.24) is 0 Å². The molecule has 0 aliphatic carbocycles. The normalized spacial score (nSPS) is 9.06. The Balaban J connectivity index is 0.000000522. The van der Waals surface area contributed by atoms with Crippen LogP contribution in [0.15, 0.2) is 564 Å². The highest BCUT2D eigenvalue weighted by Crippen LogP contribution is 2.29. The van der Waals surface area contributed by atoms with Crippen LogP contribution in [0.2, 0.25) is 0 Å². The van der Waals surface area contributed by atoms with Gasteiger partial charge in [0.2, 0.25) is 0 Å². The lowest BCUT2D eigenvalue weighted by Gasteiger charge is -2.02. The summed E-state index contributed by atoms with van der Waals surface area (Å²) in [4.78, 5) is 0. The summed E-state index contributed by atoms with van der Waals surface area (Å²) in [5.74, 6) is 0. The maximum Gasteiger partial charge on any atom is -0.0105 e. The molecule has 0 spiro atoms. The molecule has 0 heterocycles. The number of hydrogen-bond acceptors (Lipinski definition) is 0. The summed E-state index contributed by atoms with van der Waals surface area (Å²) in [6, 6.07) is 195. The van der Waals surface area contributed by atoms with Crippen molar-refractivity contribution in [2.24, 2.45) is 0 Å². The molecule has 0 unspecified atom stereocenters. The topological polar surface area (TPSA) is 0 Å². The molecule has 0 atom stereocenters. The lowest BCUT2D eigenvalue weighted by atomic mass is 10.0. The summed E-state index contributed by atoms with van der Waals surface area (Å²) >= 11 is 0. The van der Waals surface area contributed by atoms with Crippen LogP contribution in [0, 0.1) is 20.8 Å². The summed E-state index contributed by atoms with van der Waals surface area (Å²) in [7, 11) is 0. The van der Waals surface area contributed by atoms with E-state index in [0.29, 0.717) is 0 Å². The zero-order valence-corrected chi connectivity index (χ0v) is 86.2. The van der Waals surface area contributed by atoms with Crippen molar-refractivity contribution in [2.45, 2.75) is 154 Å². The summed E-state index contributed by atoms with van der Waals surface area (Å²) < 4.78 is 0. The van der Waals surface area contributed by atoms with Crippen LogP contribution in [-0.4, -0.2) is 0 Å². The average Bonchev–Trinajstić information content (AvgIpc) is 0.761. The fourth-order valence-electron chi connectivity index (χ4n) is 14.2. The summed E-state index contributed by atoms with van der Waals surface area (Å²) in [6.45, 7) is 38.3. The predicted molar refractivity (Wildman–Crippen MR) is 650 cm³/mol. The van der Waals surface area contributed by atoms with Gasteiger partial charge in [0.25, 0.3) is 0 Å². The number of fused-ring (bicyclic) bond motifs is 11. The van der Waals surface area contributed by atoms with E-state index in [1.807, 2.05) is 202 Å². The first-order valence-electron chi connectivity index (χ1n) is 50.1. The van der Waals surface area contributed by atoms with Gasteiger partial charge in [-0.15, -0.1) is 0 Å². The van der Waals surface area contributed by atoms with Crippen molar-refractivity contribution in [3.63, 3.8) is 0 Å². The van der Waals surface area contributed by atoms with Crippen LogP contribution in [0.25, 0.3) is 130 Å². The Labute approximate surface area is 858 Å². The zero-order chi connectivity index (χ0) is 100. The molecule has 0 aliphatic heterocycles. The highest BCUT2D eigenvalue weighted by molar-refractivity contribution is 6.08. The van der Waals surface area contributed by atoms with E-state index < -0.39 is 0 Å². The number of benzene rings is 23. The van der Waals surface area contributed by atoms with E-state index in [4.69, 9.17) is 0 Å². The average molecular weight is 1870 g/mol. The molecular formula is C142H162. The fraction of sp³-hybridized carbons (Fsp3) is 0.155. The molecule has 0 aromatic heterocycles. The molecule has 0 amide bonds. The van der Waals surface area contributed by atoms with Crippen LogP contribution in [-0.2, 0) is 0 Å². The first-order chi connectivity index (χ1) is 68.8. The minimum absolute atomic E-state index is 0. The van der Waals surface area contributed by atoms with Gasteiger partial charge >= 0.3 is 0 Å². The molecule has 23 aromatic rings. The molecule has 23 rings (SSSR count). The molecule has 142 heavy (non-hydrogen) atoms. The molecular weight excluding hydrogens is 1710 g/mol. The molecule has 0 fully saturated rings. The van der Waals surface area contributed by atoms with Gasteiger partial charge < -0.3 is 0 Å². The summed E-state index contributed by atoms with van der Waals surface area (Å²) in [5, 5.41) is 23.7. The van der Waals surface area contributed by atoms with Gasteiger partial charge in [-0.3, -0.25) is 0 Å². The third-order valence-corrected chi connectivity index (χ3v) is 20.7. The molecule has 0 saturated carbocycles. The smallest absolute Gasteiger partial charge is 0.0105 e. The van der Waals surface area contributed by atoms with E-state index >= 15 is 0 Å². The van der Waals surface area contributed by atoms with Gasteiger partial charge in [0.05, 0.1) is 0 Å². The van der Waals surface area contributed by atoms with E-state index in [0.717, 1.165) is 0 Å². The van der Waals surface area contributed by atoms with Gasteiger partial charge in [-0.1, -0.05) is 690 Å². The van der Waals surface area contributed by atoms with Crippen LogP contribution in [0.1, 0.15) is 150 Å². The van der Waals surface area contributed by atoms with Crippen LogP contribution in [0.5, 0.6) is 0 Å². The summed E-state index contributed by atoms with van der Waals surface area (Å²) in [6.07, 6.45) is 0. The Morgan fingerprint density at radius 2 is 0.190 bits per heavy atom. The van der Waals surface area contributed by atoms with Gasteiger partial charge in [0.1, 0.15) is 0 Å². The Kier molecular flexibility index (Phi) is 66.7. The van der Waals surface area contributed by atoms with Crippen molar-refractivity contribution in [1.29, 1.82) is 0 Å². The Morgan fingerprint density at radius 1 is 0.0915 bits per heavy atom. The Morgan fingerprint density at radius 3 is 0.310 bits per heavy atom. The van der Waals surface area contributed by atoms with Gasteiger partial charge in [0.15, 0.2) is 0 Å². The third kappa shape index (κ3) is 43.6. The molecule has 0 heteroatoms. The lowest BCUT2D eigenvalue weighted by Crippen LogP contribution is -1.75. The maximum atomic E-state index is 2.24. The molecule has 0 N–H and O–H groups in total. The fourth-order valence-corrected chi connectivity index (χ4v) is 14.2. The molecule has 0 radical (unpaired) electrons. The standard InChI is InChI=1S/4C14H10.3C12H10.C10H8.3C7H8.8C2H6.3CH4/c2*1-3-7-13-11(5-1)9-10-12-6-2-4-8-14(12)13;2*1-2-6-12-10-14-8-4-3-7-13(14)9-11(12)5-1;3*1-3-7-11(8-4-1)12-9-5-2-6-10-12;1-2-6-10-8-4-3-7-9(10)5-1;3*1-7-5-3-2-4-6-7;8*1-2;;;/h4*1-10H;3*1-10H;1-8H;3*2-6H,1H3;8*1-2H3;3*1H4. The second-order valence-electron chi connectivity index (χ2n) is 29.6. The maximum absolute atomic E-state index is 2.24. The molecule has 0 bridgehead atoms. The first kappa shape index (κ1) is 122. The molecule has 0 saturated heterocycles. The van der Waals surface area contributed by atoms with E-state index in [9.17, 15) is 0 Å².